The van der Waals surface area contributed by atoms with E-state index in [1.165, 1.54) is 0 Å². The molecule has 0 aromatic rings. The molecule has 3 N–H and O–H groups in total. The molecule has 5 nitrogen and oxygen atoms in total. The molecule has 0 radical (unpaired) electrons. The van der Waals surface area contributed by atoms with Crippen molar-refractivity contribution in [3.05, 3.63) is 0 Å². The molecule has 0 aromatic carbocycles. The molecule has 1 atom stereocenters. The van der Waals surface area contributed by atoms with Crippen LogP contribution in [0.3, 0.4) is 0 Å². The molecule has 1 heterocycles. The molecule has 0 spiro atoms. The topological polar surface area (TPSA) is 81.4 Å². The van der Waals surface area contributed by atoms with Gasteiger partial charge in [0.15, 0.2) is 0 Å². The van der Waals surface area contributed by atoms with Crippen LogP contribution < -0.4 is 10.5 Å². The number of rotatable bonds is 6. The molecular formula is C10H20N2O3S2. The van der Waals surface area contributed by atoms with Crippen LogP contribution in [0.5, 0.6) is 0 Å². The van der Waals surface area contributed by atoms with Crippen molar-refractivity contribution in [1.82, 2.24) is 4.72 Å². The molecule has 1 aliphatic rings. The zero-order valence-corrected chi connectivity index (χ0v) is 11.6. The molecule has 7 heteroatoms. The van der Waals surface area contributed by atoms with Crippen LogP contribution in [0.15, 0.2) is 0 Å². The van der Waals surface area contributed by atoms with Crippen molar-refractivity contribution in [3.63, 3.8) is 0 Å². The van der Waals surface area contributed by atoms with Gasteiger partial charge >= 0.3 is 0 Å². The molecule has 0 aromatic heterocycles. The van der Waals surface area contributed by atoms with Gasteiger partial charge in [0.25, 0.3) is 0 Å². The Labute approximate surface area is 108 Å². The van der Waals surface area contributed by atoms with Crippen LogP contribution in [-0.4, -0.2) is 38.4 Å². The lowest BCUT2D eigenvalue weighted by Gasteiger charge is -2.23. The maximum absolute atomic E-state index is 11.9. The van der Waals surface area contributed by atoms with Crippen LogP contribution in [0.4, 0.5) is 0 Å². The Morgan fingerprint density at radius 2 is 2.12 bits per heavy atom. The lowest BCUT2D eigenvalue weighted by atomic mass is 10.0. The maximum Gasteiger partial charge on any atom is 0.221 e. The number of sulfonamides is 1. The van der Waals surface area contributed by atoms with E-state index in [9.17, 15) is 8.42 Å². The Hall–Kier alpha value is -0.240. The zero-order chi connectivity index (χ0) is 12.9. The van der Waals surface area contributed by atoms with Gasteiger partial charge in [0.2, 0.25) is 10.0 Å². The Bertz CT molecular complexity index is 351. The van der Waals surface area contributed by atoms with E-state index in [0.29, 0.717) is 32.1 Å². The number of ether oxygens (including phenoxy) is 1. The SMILES string of the molecule is CCC(C(N)=S)S(=O)(=O)NCC1CCOCC1. The van der Waals surface area contributed by atoms with Crippen molar-refractivity contribution in [1.29, 1.82) is 0 Å². The fraction of sp³-hybridized carbons (Fsp3) is 0.900. The second-order valence-corrected chi connectivity index (χ2v) is 6.67. The molecule has 1 fully saturated rings. The van der Waals surface area contributed by atoms with Crippen LogP contribution in [0.1, 0.15) is 26.2 Å². The van der Waals surface area contributed by atoms with E-state index >= 15 is 0 Å². The van der Waals surface area contributed by atoms with Crippen LogP contribution >= 0.6 is 12.2 Å². The fourth-order valence-electron chi connectivity index (χ4n) is 1.86. The van der Waals surface area contributed by atoms with Crippen molar-refractivity contribution < 1.29 is 13.2 Å². The first-order chi connectivity index (χ1) is 7.97. The number of nitrogens with two attached hydrogens (primary N) is 1. The van der Waals surface area contributed by atoms with Gasteiger partial charge in [-0.25, -0.2) is 13.1 Å². The minimum atomic E-state index is -3.43. The number of thiocarbonyl (C=S) groups is 1. The highest BCUT2D eigenvalue weighted by molar-refractivity contribution is 7.93. The van der Waals surface area contributed by atoms with Crippen molar-refractivity contribution in [3.8, 4) is 0 Å². The predicted octanol–water partition coefficient (Wildman–Crippen LogP) is 0.397. The van der Waals surface area contributed by atoms with Gasteiger partial charge in [-0.1, -0.05) is 19.1 Å². The molecule has 0 bridgehead atoms. The smallest absolute Gasteiger partial charge is 0.221 e. The van der Waals surface area contributed by atoms with E-state index < -0.39 is 15.3 Å². The van der Waals surface area contributed by atoms with Crippen molar-refractivity contribution >= 4 is 27.2 Å². The van der Waals surface area contributed by atoms with Crippen molar-refractivity contribution in [2.45, 2.75) is 31.4 Å². The second kappa shape index (κ2) is 6.63. The third kappa shape index (κ3) is 4.50. The van der Waals surface area contributed by atoms with Gasteiger partial charge in [-0.3, -0.25) is 0 Å². The van der Waals surface area contributed by atoms with Gasteiger partial charge in [-0.05, 0) is 25.2 Å². The first kappa shape index (κ1) is 14.8. The summed E-state index contributed by atoms with van der Waals surface area (Å²) in [6, 6.07) is 0. The van der Waals surface area contributed by atoms with E-state index in [-0.39, 0.29) is 4.99 Å². The average Bonchev–Trinajstić information content (AvgIpc) is 2.28. The van der Waals surface area contributed by atoms with E-state index in [1.807, 2.05) is 0 Å². The van der Waals surface area contributed by atoms with Crippen LogP contribution in [-0.2, 0) is 14.8 Å². The van der Waals surface area contributed by atoms with Gasteiger partial charge in [0.05, 0.1) is 4.99 Å². The third-order valence-corrected chi connectivity index (χ3v) is 5.32. The minimum absolute atomic E-state index is 0.0342. The van der Waals surface area contributed by atoms with Crippen LogP contribution in [0, 0.1) is 5.92 Å². The van der Waals surface area contributed by atoms with Crippen LogP contribution in [0.2, 0.25) is 0 Å². The molecule has 1 saturated heterocycles. The van der Waals surface area contributed by atoms with E-state index in [1.54, 1.807) is 6.92 Å². The Morgan fingerprint density at radius 1 is 1.53 bits per heavy atom. The predicted molar refractivity (Wildman–Crippen MR) is 71.3 cm³/mol. The van der Waals surface area contributed by atoms with Gasteiger partial charge in [-0.15, -0.1) is 0 Å². The first-order valence-electron chi connectivity index (χ1n) is 5.83. The highest BCUT2D eigenvalue weighted by Crippen LogP contribution is 2.14. The molecule has 1 rings (SSSR count). The third-order valence-electron chi connectivity index (χ3n) is 2.98. The zero-order valence-electron chi connectivity index (χ0n) is 10.0. The summed E-state index contributed by atoms with van der Waals surface area (Å²) >= 11 is 4.77. The Morgan fingerprint density at radius 3 is 2.59 bits per heavy atom. The van der Waals surface area contributed by atoms with E-state index in [0.717, 1.165) is 12.8 Å². The number of nitrogens with one attached hydrogen (secondary N) is 1. The summed E-state index contributed by atoms with van der Waals surface area (Å²) in [6.45, 7) is 3.63. The highest BCUT2D eigenvalue weighted by Gasteiger charge is 2.27. The van der Waals surface area contributed by atoms with Crippen LogP contribution in [0.25, 0.3) is 0 Å². The molecule has 1 aliphatic heterocycles. The standard InChI is InChI=1S/C10H20N2O3S2/c1-2-9(10(11)16)17(13,14)12-7-8-3-5-15-6-4-8/h8-9,12H,2-7H2,1H3,(H2,11,16). The summed E-state index contributed by atoms with van der Waals surface area (Å²) < 4.78 is 31.7. The molecule has 0 amide bonds. The Balaban J connectivity index is 2.50. The largest absolute Gasteiger partial charge is 0.392 e. The summed E-state index contributed by atoms with van der Waals surface area (Å²) in [7, 11) is -3.43. The summed E-state index contributed by atoms with van der Waals surface area (Å²) in [4.78, 5) is 0.0342. The number of hydrogen-bond acceptors (Lipinski definition) is 4. The lowest BCUT2D eigenvalue weighted by Crippen LogP contribution is -2.43. The number of hydrogen-bond donors (Lipinski definition) is 2. The quantitative estimate of drug-likeness (QED) is 0.688. The first-order valence-corrected chi connectivity index (χ1v) is 7.78. The second-order valence-electron chi connectivity index (χ2n) is 4.25. The van der Waals surface area contributed by atoms with Gasteiger partial charge in [0, 0.05) is 19.8 Å². The fourth-order valence-corrected chi connectivity index (χ4v) is 3.82. The molecule has 17 heavy (non-hydrogen) atoms. The summed E-state index contributed by atoms with van der Waals surface area (Å²) in [5.74, 6) is 0.349. The van der Waals surface area contributed by atoms with E-state index in [4.69, 9.17) is 22.7 Å². The molecule has 100 valence electrons. The molecule has 1 unspecified atom stereocenters. The highest BCUT2D eigenvalue weighted by atomic mass is 32.2. The minimum Gasteiger partial charge on any atom is -0.392 e. The van der Waals surface area contributed by atoms with Crippen molar-refractivity contribution in [2.75, 3.05) is 19.8 Å². The Kier molecular flexibility index (Phi) is 5.78. The van der Waals surface area contributed by atoms with E-state index in [2.05, 4.69) is 4.72 Å². The van der Waals surface area contributed by atoms with Gasteiger partial charge < -0.3 is 10.5 Å². The average molecular weight is 280 g/mol. The van der Waals surface area contributed by atoms with Gasteiger partial charge in [0.1, 0.15) is 5.25 Å². The molecular weight excluding hydrogens is 260 g/mol. The normalized spacial score (nSPS) is 20.1. The monoisotopic (exact) mass is 280 g/mol. The summed E-state index contributed by atoms with van der Waals surface area (Å²) in [5.41, 5.74) is 5.43. The summed E-state index contributed by atoms with van der Waals surface area (Å²) in [6.07, 6.45) is 2.19. The summed E-state index contributed by atoms with van der Waals surface area (Å²) in [5, 5.41) is -0.766. The van der Waals surface area contributed by atoms with Gasteiger partial charge in [-0.2, -0.15) is 0 Å². The maximum atomic E-state index is 11.9. The molecule has 0 saturated carbocycles. The van der Waals surface area contributed by atoms with Crippen molar-refractivity contribution in [2.24, 2.45) is 11.7 Å². The molecule has 0 aliphatic carbocycles. The lowest BCUT2D eigenvalue weighted by molar-refractivity contribution is 0.0678.